The summed E-state index contributed by atoms with van der Waals surface area (Å²) in [4.78, 5) is 12.6. The van der Waals surface area contributed by atoms with Crippen molar-refractivity contribution in [2.24, 2.45) is 0 Å². The molecule has 2 nitrogen and oxygen atoms in total. The summed E-state index contributed by atoms with van der Waals surface area (Å²) in [6, 6.07) is 14.3. The summed E-state index contributed by atoms with van der Waals surface area (Å²) < 4.78 is 19.1. The van der Waals surface area contributed by atoms with Gasteiger partial charge in [-0.1, -0.05) is 36.4 Å². The van der Waals surface area contributed by atoms with Gasteiger partial charge in [-0.25, -0.2) is 9.18 Å². The van der Waals surface area contributed by atoms with Crippen LogP contribution in [0.25, 0.3) is 11.1 Å². The minimum absolute atomic E-state index is 0.182. The van der Waals surface area contributed by atoms with Gasteiger partial charge in [-0.2, -0.15) is 0 Å². The summed E-state index contributed by atoms with van der Waals surface area (Å²) in [6.07, 6.45) is 1.83. The van der Waals surface area contributed by atoms with E-state index in [2.05, 4.69) is 0 Å². The Morgan fingerprint density at radius 3 is 2.52 bits per heavy atom. The minimum Gasteiger partial charge on any atom is -0.457 e. The first kappa shape index (κ1) is 13.9. The third-order valence-corrected chi connectivity index (χ3v) is 4.19. The van der Waals surface area contributed by atoms with E-state index in [9.17, 15) is 9.18 Å². The summed E-state index contributed by atoms with van der Waals surface area (Å²) >= 11 is 1.36. The molecule has 1 heterocycles. The molecule has 2 aromatic rings. The highest BCUT2D eigenvalue weighted by molar-refractivity contribution is 7.98. The lowest BCUT2D eigenvalue weighted by molar-refractivity contribution is -0.133. The van der Waals surface area contributed by atoms with Gasteiger partial charge in [-0.3, -0.25) is 0 Å². The van der Waals surface area contributed by atoms with Crippen molar-refractivity contribution in [3.05, 3.63) is 65.5 Å². The van der Waals surface area contributed by atoms with Crippen LogP contribution in [0.1, 0.15) is 11.1 Å². The second-order valence-electron chi connectivity index (χ2n) is 4.65. The van der Waals surface area contributed by atoms with Crippen LogP contribution >= 0.6 is 11.8 Å². The molecule has 1 aliphatic heterocycles. The zero-order valence-corrected chi connectivity index (χ0v) is 12.2. The molecule has 106 valence electrons. The normalized spacial score (nSPS) is 14.5. The maximum atomic E-state index is 14.0. The first-order valence-electron chi connectivity index (χ1n) is 6.50. The molecule has 2 aromatic carbocycles. The number of ether oxygens (including phenoxy) is 1. The Kier molecular flexibility index (Phi) is 3.80. The standard InChI is InChI=1S/C17H13FO2S/c1-21-15-8-7-12(9-14(15)18)13-10-20-17(19)16(13)11-5-3-2-4-6-11/h2-9H,10H2,1H3. The van der Waals surface area contributed by atoms with Crippen molar-refractivity contribution < 1.29 is 13.9 Å². The van der Waals surface area contributed by atoms with Crippen molar-refractivity contribution >= 4 is 28.9 Å². The van der Waals surface area contributed by atoms with Crippen LogP contribution in [0.5, 0.6) is 0 Å². The molecule has 0 saturated carbocycles. The molecule has 21 heavy (non-hydrogen) atoms. The van der Waals surface area contributed by atoms with Crippen molar-refractivity contribution in [2.45, 2.75) is 4.90 Å². The summed E-state index contributed by atoms with van der Waals surface area (Å²) in [5.41, 5.74) is 2.74. The Balaban J connectivity index is 2.12. The van der Waals surface area contributed by atoms with Crippen LogP contribution in [0.15, 0.2) is 53.4 Å². The van der Waals surface area contributed by atoms with E-state index in [-0.39, 0.29) is 18.4 Å². The number of hydrogen-bond donors (Lipinski definition) is 0. The largest absolute Gasteiger partial charge is 0.457 e. The minimum atomic E-state index is -0.356. The molecule has 0 N–H and O–H groups in total. The highest BCUT2D eigenvalue weighted by Gasteiger charge is 2.27. The van der Waals surface area contributed by atoms with E-state index in [0.717, 1.165) is 11.1 Å². The van der Waals surface area contributed by atoms with Gasteiger partial charge in [-0.05, 0) is 29.5 Å². The predicted molar refractivity (Wildman–Crippen MR) is 82.4 cm³/mol. The summed E-state index contributed by atoms with van der Waals surface area (Å²) in [7, 11) is 0. The number of carbonyl (C=O) groups excluding carboxylic acids is 1. The molecule has 0 aliphatic carbocycles. The van der Waals surface area contributed by atoms with Crippen molar-refractivity contribution in [1.82, 2.24) is 0 Å². The van der Waals surface area contributed by atoms with Gasteiger partial charge in [-0.15, -0.1) is 11.8 Å². The van der Waals surface area contributed by atoms with Crippen molar-refractivity contribution in [2.75, 3.05) is 12.9 Å². The first-order chi connectivity index (χ1) is 10.2. The molecule has 4 heteroatoms. The lowest BCUT2D eigenvalue weighted by atomic mass is 9.97. The average Bonchev–Trinajstić information content (AvgIpc) is 2.90. The van der Waals surface area contributed by atoms with E-state index < -0.39 is 0 Å². The molecule has 0 bridgehead atoms. The van der Waals surface area contributed by atoms with Crippen molar-refractivity contribution in [3.63, 3.8) is 0 Å². The van der Waals surface area contributed by atoms with Gasteiger partial charge in [0.1, 0.15) is 12.4 Å². The zero-order chi connectivity index (χ0) is 14.8. The Morgan fingerprint density at radius 1 is 1.10 bits per heavy atom. The number of hydrogen-bond acceptors (Lipinski definition) is 3. The Labute approximate surface area is 126 Å². The van der Waals surface area contributed by atoms with Gasteiger partial charge in [0.15, 0.2) is 0 Å². The summed E-state index contributed by atoms with van der Waals surface area (Å²) in [6.45, 7) is 0.182. The highest BCUT2D eigenvalue weighted by atomic mass is 32.2. The molecular formula is C17H13FO2S. The molecular weight excluding hydrogens is 287 g/mol. The predicted octanol–water partition coefficient (Wildman–Crippen LogP) is 4.02. The zero-order valence-electron chi connectivity index (χ0n) is 11.4. The molecule has 0 spiro atoms. The lowest BCUT2D eigenvalue weighted by Gasteiger charge is -2.06. The molecule has 0 atom stereocenters. The molecule has 3 rings (SSSR count). The number of thioether (sulfide) groups is 1. The molecule has 0 amide bonds. The molecule has 0 fully saturated rings. The fourth-order valence-corrected chi connectivity index (χ4v) is 2.84. The third kappa shape index (κ3) is 2.59. The van der Waals surface area contributed by atoms with Crippen LogP contribution in [-0.4, -0.2) is 18.8 Å². The summed E-state index contributed by atoms with van der Waals surface area (Å²) in [5.74, 6) is -0.634. The molecule has 0 unspecified atom stereocenters. The van der Waals surface area contributed by atoms with Crippen LogP contribution in [0.2, 0.25) is 0 Å². The second-order valence-corrected chi connectivity index (χ2v) is 5.49. The maximum absolute atomic E-state index is 14.0. The van der Waals surface area contributed by atoms with Gasteiger partial charge in [0.25, 0.3) is 0 Å². The summed E-state index contributed by atoms with van der Waals surface area (Å²) in [5, 5.41) is 0. The van der Waals surface area contributed by atoms with Crippen molar-refractivity contribution in [1.29, 1.82) is 0 Å². The highest BCUT2D eigenvalue weighted by Crippen LogP contribution is 2.34. The van der Waals surface area contributed by atoms with E-state index in [1.165, 1.54) is 17.8 Å². The number of benzene rings is 2. The maximum Gasteiger partial charge on any atom is 0.339 e. The first-order valence-corrected chi connectivity index (χ1v) is 7.73. The van der Waals surface area contributed by atoms with Crippen molar-refractivity contribution in [3.8, 4) is 0 Å². The average molecular weight is 300 g/mol. The van der Waals surface area contributed by atoms with Gasteiger partial charge in [0.2, 0.25) is 0 Å². The fourth-order valence-electron chi connectivity index (χ4n) is 2.38. The molecule has 0 radical (unpaired) electrons. The number of rotatable bonds is 3. The molecule has 0 saturated heterocycles. The number of cyclic esters (lactones) is 1. The van der Waals surface area contributed by atoms with Gasteiger partial charge in [0, 0.05) is 10.5 Å². The smallest absolute Gasteiger partial charge is 0.339 e. The lowest BCUT2D eigenvalue weighted by Crippen LogP contribution is -1.98. The van der Waals surface area contributed by atoms with Crippen LogP contribution in [0.4, 0.5) is 4.39 Å². The fraction of sp³-hybridized carbons (Fsp3) is 0.118. The van der Waals surface area contributed by atoms with E-state index in [4.69, 9.17) is 4.74 Å². The van der Waals surface area contributed by atoms with Crippen LogP contribution in [0, 0.1) is 5.82 Å². The second kappa shape index (κ2) is 5.74. The number of halogens is 1. The topological polar surface area (TPSA) is 26.3 Å². The molecule has 0 aromatic heterocycles. The SMILES string of the molecule is CSc1ccc(C2=C(c3ccccc3)C(=O)OC2)cc1F. The Morgan fingerprint density at radius 2 is 1.86 bits per heavy atom. The molecule has 1 aliphatic rings. The van der Waals surface area contributed by atoms with E-state index in [1.807, 2.05) is 42.7 Å². The number of carbonyl (C=O) groups is 1. The van der Waals surface area contributed by atoms with E-state index in [1.54, 1.807) is 6.07 Å². The van der Waals surface area contributed by atoms with Gasteiger partial charge >= 0.3 is 5.97 Å². The van der Waals surface area contributed by atoms with E-state index >= 15 is 0 Å². The number of esters is 1. The Hall–Kier alpha value is -2.07. The van der Waals surface area contributed by atoms with Crippen LogP contribution in [-0.2, 0) is 9.53 Å². The van der Waals surface area contributed by atoms with E-state index in [0.29, 0.717) is 16.0 Å². The Bertz CT molecular complexity index is 723. The van der Waals surface area contributed by atoms with Crippen LogP contribution < -0.4 is 0 Å². The third-order valence-electron chi connectivity index (χ3n) is 3.42. The van der Waals surface area contributed by atoms with Gasteiger partial charge in [0.05, 0.1) is 5.57 Å². The monoisotopic (exact) mass is 300 g/mol. The van der Waals surface area contributed by atoms with Crippen LogP contribution in [0.3, 0.4) is 0 Å². The quantitative estimate of drug-likeness (QED) is 0.633. The van der Waals surface area contributed by atoms with Gasteiger partial charge < -0.3 is 4.74 Å².